The van der Waals surface area contributed by atoms with Gasteiger partial charge in [0.2, 0.25) is 5.91 Å². The molecule has 0 unspecified atom stereocenters. The molecule has 1 saturated carbocycles. The number of hydrogen-bond donors (Lipinski definition) is 0. The summed E-state index contributed by atoms with van der Waals surface area (Å²) in [6.07, 6.45) is 3.93. The minimum Gasteiger partial charge on any atom is -0.330 e. The van der Waals surface area contributed by atoms with Gasteiger partial charge in [-0.05, 0) is 38.1 Å². The van der Waals surface area contributed by atoms with E-state index in [1.54, 1.807) is 11.3 Å². The van der Waals surface area contributed by atoms with Gasteiger partial charge in [0.15, 0.2) is 0 Å². The Kier molecular flexibility index (Phi) is 3.91. The third-order valence-corrected chi connectivity index (χ3v) is 6.80. The zero-order valence-corrected chi connectivity index (χ0v) is 14.7. The minimum atomic E-state index is -2.67. The van der Waals surface area contributed by atoms with Crippen molar-refractivity contribution in [3.63, 3.8) is 0 Å². The molecular formula is C17H23F2N3OS. The fraction of sp³-hybridized carbons (Fsp3) is 0.765. The average molecular weight is 355 g/mol. The maximum Gasteiger partial charge on any atom is 0.282 e. The monoisotopic (exact) mass is 355 g/mol. The lowest BCUT2D eigenvalue weighted by Crippen LogP contribution is -2.60. The highest BCUT2D eigenvalue weighted by Gasteiger charge is 2.55. The van der Waals surface area contributed by atoms with Gasteiger partial charge in [0.25, 0.3) is 5.92 Å². The Bertz CT molecular complexity index is 642. The first-order chi connectivity index (χ1) is 11.4. The predicted octanol–water partition coefficient (Wildman–Crippen LogP) is 2.92. The van der Waals surface area contributed by atoms with Crippen LogP contribution in [0, 0.1) is 18.3 Å². The van der Waals surface area contributed by atoms with E-state index in [1.807, 2.05) is 6.92 Å². The van der Waals surface area contributed by atoms with Crippen molar-refractivity contribution < 1.29 is 13.6 Å². The number of nitrogens with zero attached hydrogens (tertiary/aromatic N) is 3. The first kappa shape index (κ1) is 16.4. The number of alkyl halides is 2. The van der Waals surface area contributed by atoms with Crippen molar-refractivity contribution in [1.29, 1.82) is 0 Å². The molecule has 0 bridgehead atoms. The summed E-state index contributed by atoms with van der Waals surface area (Å²) in [5.41, 5.74) is 1.05. The van der Waals surface area contributed by atoms with Gasteiger partial charge < -0.3 is 4.90 Å². The summed E-state index contributed by atoms with van der Waals surface area (Å²) in [5.74, 6) is -2.78. The van der Waals surface area contributed by atoms with Crippen molar-refractivity contribution in [2.75, 3.05) is 26.2 Å². The van der Waals surface area contributed by atoms with Crippen molar-refractivity contribution in [2.45, 2.75) is 45.1 Å². The number of aromatic nitrogens is 1. The zero-order valence-electron chi connectivity index (χ0n) is 13.9. The van der Waals surface area contributed by atoms with Crippen LogP contribution in [-0.2, 0) is 11.3 Å². The molecule has 1 spiro atoms. The topological polar surface area (TPSA) is 36.4 Å². The summed E-state index contributed by atoms with van der Waals surface area (Å²) in [6.45, 7) is 3.93. The lowest BCUT2D eigenvalue weighted by molar-refractivity contribution is -0.172. The number of aryl methyl sites for hydroxylation is 1. The third-order valence-electron chi connectivity index (χ3n) is 5.85. The van der Waals surface area contributed by atoms with E-state index in [1.165, 1.54) is 4.90 Å². The van der Waals surface area contributed by atoms with E-state index in [4.69, 9.17) is 0 Å². The molecular weight excluding hydrogens is 332 g/mol. The normalized spacial score (nSPS) is 32.5. The molecule has 1 amide bonds. The smallest absolute Gasteiger partial charge is 0.282 e. The largest absolute Gasteiger partial charge is 0.330 e. The van der Waals surface area contributed by atoms with Crippen LogP contribution in [0.2, 0.25) is 0 Å². The lowest BCUT2D eigenvalue weighted by Gasteiger charge is -2.42. The van der Waals surface area contributed by atoms with Crippen molar-refractivity contribution in [3.05, 3.63) is 16.1 Å². The minimum absolute atomic E-state index is 0.00569. The molecule has 1 aromatic rings. The van der Waals surface area contributed by atoms with Crippen LogP contribution in [0.1, 0.15) is 36.4 Å². The summed E-state index contributed by atoms with van der Waals surface area (Å²) >= 11 is 1.68. The van der Waals surface area contributed by atoms with Gasteiger partial charge in [-0.3, -0.25) is 9.69 Å². The van der Waals surface area contributed by atoms with Gasteiger partial charge in [-0.2, -0.15) is 0 Å². The Hall–Kier alpha value is -1.08. The molecule has 3 heterocycles. The summed E-state index contributed by atoms with van der Waals surface area (Å²) in [4.78, 5) is 21.0. The van der Waals surface area contributed by atoms with Gasteiger partial charge in [0.1, 0.15) is 5.01 Å². The second kappa shape index (κ2) is 5.73. The highest BCUT2D eigenvalue weighted by Crippen LogP contribution is 2.51. The Balaban J connectivity index is 1.41. The predicted molar refractivity (Wildman–Crippen MR) is 88.0 cm³/mol. The first-order valence-electron chi connectivity index (χ1n) is 8.67. The van der Waals surface area contributed by atoms with Crippen LogP contribution in [0.4, 0.5) is 8.78 Å². The van der Waals surface area contributed by atoms with Crippen molar-refractivity contribution in [2.24, 2.45) is 11.3 Å². The molecule has 24 heavy (non-hydrogen) atoms. The molecule has 2 aliphatic heterocycles. The van der Waals surface area contributed by atoms with Crippen LogP contribution in [0.5, 0.6) is 0 Å². The van der Waals surface area contributed by atoms with Crippen LogP contribution in [0.3, 0.4) is 0 Å². The molecule has 0 radical (unpaired) electrons. The Labute approximate surface area is 144 Å². The molecule has 1 aliphatic carbocycles. The van der Waals surface area contributed by atoms with E-state index >= 15 is 0 Å². The molecule has 2 atom stereocenters. The third kappa shape index (κ3) is 2.86. The second-order valence-corrected chi connectivity index (χ2v) is 8.64. The molecule has 132 valence electrons. The molecule has 2 saturated heterocycles. The van der Waals surface area contributed by atoms with Gasteiger partial charge in [0.05, 0.1) is 19.6 Å². The summed E-state index contributed by atoms with van der Waals surface area (Å²) in [5, 5.41) is 3.18. The summed E-state index contributed by atoms with van der Waals surface area (Å²) < 4.78 is 26.2. The van der Waals surface area contributed by atoms with Gasteiger partial charge in [-0.25, -0.2) is 13.8 Å². The molecule has 1 aromatic heterocycles. The molecule has 3 aliphatic rings. The van der Waals surface area contributed by atoms with Gasteiger partial charge in [-0.15, -0.1) is 11.3 Å². The number of amides is 1. The Morgan fingerprint density at radius 2 is 2.17 bits per heavy atom. The number of carbonyl (C=O) groups is 1. The summed E-state index contributed by atoms with van der Waals surface area (Å²) in [7, 11) is 0. The summed E-state index contributed by atoms with van der Waals surface area (Å²) in [6, 6.07) is 0. The molecule has 4 rings (SSSR count). The van der Waals surface area contributed by atoms with E-state index in [-0.39, 0.29) is 30.3 Å². The van der Waals surface area contributed by atoms with Crippen molar-refractivity contribution in [3.8, 4) is 0 Å². The number of carbonyl (C=O) groups excluding carboxylic acids is 1. The number of likely N-dealkylation sites (tertiary alicyclic amines) is 2. The highest BCUT2D eigenvalue weighted by atomic mass is 32.1. The van der Waals surface area contributed by atoms with Crippen LogP contribution < -0.4 is 0 Å². The second-order valence-electron chi connectivity index (χ2n) is 7.70. The van der Waals surface area contributed by atoms with E-state index in [2.05, 4.69) is 15.3 Å². The van der Waals surface area contributed by atoms with Gasteiger partial charge in [0, 0.05) is 23.5 Å². The van der Waals surface area contributed by atoms with E-state index in [9.17, 15) is 13.6 Å². The Morgan fingerprint density at radius 1 is 1.38 bits per heavy atom. The van der Waals surface area contributed by atoms with Crippen molar-refractivity contribution in [1.82, 2.24) is 14.8 Å². The zero-order chi connectivity index (χ0) is 16.9. The van der Waals surface area contributed by atoms with Gasteiger partial charge >= 0.3 is 0 Å². The van der Waals surface area contributed by atoms with Crippen LogP contribution in [-0.4, -0.2) is 52.8 Å². The van der Waals surface area contributed by atoms with Gasteiger partial charge in [-0.1, -0.05) is 6.42 Å². The maximum absolute atomic E-state index is 13.1. The van der Waals surface area contributed by atoms with Crippen LogP contribution >= 0.6 is 11.3 Å². The van der Waals surface area contributed by atoms with E-state index < -0.39 is 5.92 Å². The molecule has 7 heteroatoms. The van der Waals surface area contributed by atoms with Crippen LogP contribution in [0.25, 0.3) is 0 Å². The number of thiazole rings is 1. The molecule has 3 fully saturated rings. The van der Waals surface area contributed by atoms with Crippen molar-refractivity contribution >= 4 is 17.2 Å². The Morgan fingerprint density at radius 3 is 2.83 bits per heavy atom. The van der Waals surface area contributed by atoms with Crippen LogP contribution in [0.15, 0.2) is 5.38 Å². The number of halogens is 2. The average Bonchev–Trinajstić information content (AvgIpc) is 3.19. The molecule has 0 aromatic carbocycles. The van der Waals surface area contributed by atoms with E-state index in [0.717, 1.165) is 56.0 Å². The number of rotatable bonds is 3. The standard InChI is InChI=1S/C17H23F2N3OS/c1-12-8-24-14(20-12)7-21-6-5-16(9-21)4-2-3-13(16)15(23)22-10-17(18,19)11-22/h8,13H,2-7,9-11H2,1H3/t13-,16+/m0/s1. The fourth-order valence-electron chi connectivity index (χ4n) is 4.69. The lowest BCUT2D eigenvalue weighted by atomic mass is 9.76. The quantitative estimate of drug-likeness (QED) is 0.836. The first-order valence-corrected chi connectivity index (χ1v) is 9.55. The highest BCUT2D eigenvalue weighted by molar-refractivity contribution is 7.09. The molecule has 0 N–H and O–H groups in total. The van der Waals surface area contributed by atoms with E-state index in [0.29, 0.717) is 0 Å². The number of hydrogen-bond acceptors (Lipinski definition) is 4. The SMILES string of the molecule is Cc1csc(CN2CC[C@]3(CCC[C@H]3C(=O)N3CC(F)(F)C3)C2)n1. The maximum atomic E-state index is 13.1. The fourth-order valence-corrected chi connectivity index (χ4v) is 5.50. The molecule has 4 nitrogen and oxygen atoms in total.